The molecule has 2 unspecified atom stereocenters. The zero-order valence-corrected chi connectivity index (χ0v) is 10.2. The molecule has 2 aliphatic rings. The summed E-state index contributed by atoms with van der Waals surface area (Å²) in [6, 6.07) is 8.53. The Bertz CT molecular complexity index is 373. The van der Waals surface area contributed by atoms with Gasteiger partial charge >= 0.3 is 0 Å². The van der Waals surface area contributed by atoms with Crippen LogP contribution in [0, 0.1) is 5.92 Å². The highest BCUT2D eigenvalue weighted by Crippen LogP contribution is 2.43. The molecule has 1 N–H and O–H groups in total. The zero-order chi connectivity index (χ0) is 11.0. The predicted octanol–water partition coefficient (Wildman–Crippen LogP) is 3.43. The SMILES string of the molecule is OC(CCC1CC1)C1CSc2ccccc21. The lowest BCUT2D eigenvalue weighted by atomic mass is 9.92. The van der Waals surface area contributed by atoms with Gasteiger partial charge in [-0.1, -0.05) is 31.0 Å². The van der Waals surface area contributed by atoms with Crippen LogP contribution in [0.25, 0.3) is 0 Å². The van der Waals surface area contributed by atoms with Gasteiger partial charge in [-0.2, -0.15) is 0 Å². The monoisotopic (exact) mass is 234 g/mol. The van der Waals surface area contributed by atoms with Crippen molar-refractivity contribution < 1.29 is 5.11 Å². The fraction of sp³-hybridized carbons (Fsp3) is 0.571. The predicted molar refractivity (Wildman–Crippen MR) is 67.9 cm³/mol. The third-order valence-corrected chi connectivity index (χ3v) is 4.98. The lowest BCUT2D eigenvalue weighted by Crippen LogP contribution is -2.18. The van der Waals surface area contributed by atoms with Gasteiger partial charge in [-0.25, -0.2) is 0 Å². The first-order valence-corrected chi connectivity index (χ1v) is 7.23. The lowest BCUT2D eigenvalue weighted by Gasteiger charge is -2.18. The van der Waals surface area contributed by atoms with Crippen LogP contribution in [0.5, 0.6) is 0 Å². The van der Waals surface area contributed by atoms with E-state index in [-0.39, 0.29) is 6.10 Å². The first kappa shape index (κ1) is 10.7. The van der Waals surface area contributed by atoms with Gasteiger partial charge in [0.1, 0.15) is 0 Å². The Balaban J connectivity index is 1.66. The van der Waals surface area contributed by atoms with Gasteiger partial charge in [0.05, 0.1) is 6.10 Å². The van der Waals surface area contributed by atoms with Gasteiger partial charge in [-0.3, -0.25) is 0 Å². The van der Waals surface area contributed by atoms with Crippen molar-refractivity contribution in [3.8, 4) is 0 Å². The molecule has 0 saturated heterocycles. The Kier molecular flexibility index (Phi) is 2.95. The van der Waals surface area contributed by atoms with Crippen LogP contribution in [-0.2, 0) is 0 Å². The quantitative estimate of drug-likeness (QED) is 0.861. The van der Waals surface area contributed by atoms with Crippen molar-refractivity contribution in [3.63, 3.8) is 0 Å². The summed E-state index contributed by atoms with van der Waals surface area (Å²) >= 11 is 1.89. The van der Waals surface area contributed by atoms with Gasteiger partial charge in [-0.15, -0.1) is 11.8 Å². The maximum absolute atomic E-state index is 10.3. The van der Waals surface area contributed by atoms with E-state index in [1.807, 2.05) is 11.8 Å². The molecule has 2 heteroatoms. The molecule has 1 aliphatic heterocycles. The number of aliphatic hydroxyl groups excluding tert-OH is 1. The van der Waals surface area contributed by atoms with Gasteiger partial charge in [0, 0.05) is 16.6 Å². The summed E-state index contributed by atoms with van der Waals surface area (Å²) < 4.78 is 0. The highest BCUT2D eigenvalue weighted by atomic mass is 32.2. The Morgan fingerprint density at radius 3 is 2.94 bits per heavy atom. The maximum Gasteiger partial charge on any atom is 0.0617 e. The Morgan fingerprint density at radius 2 is 2.12 bits per heavy atom. The summed E-state index contributed by atoms with van der Waals surface area (Å²) in [5.74, 6) is 2.37. The zero-order valence-electron chi connectivity index (χ0n) is 9.43. The number of hydrogen-bond acceptors (Lipinski definition) is 2. The third kappa shape index (κ3) is 2.14. The molecule has 86 valence electrons. The van der Waals surface area contributed by atoms with Gasteiger partial charge in [0.15, 0.2) is 0 Å². The second-order valence-electron chi connectivity index (χ2n) is 5.04. The smallest absolute Gasteiger partial charge is 0.0617 e. The van der Waals surface area contributed by atoms with E-state index < -0.39 is 0 Å². The van der Waals surface area contributed by atoms with Crippen molar-refractivity contribution >= 4 is 11.8 Å². The first-order chi connectivity index (χ1) is 7.84. The molecule has 2 atom stereocenters. The van der Waals surface area contributed by atoms with Crippen molar-refractivity contribution in [2.24, 2.45) is 5.92 Å². The molecule has 16 heavy (non-hydrogen) atoms. The van der Waals surface area contributed by atoms with E-state index in [0.29, 0.717) is 5.92 Å². The van der Waals surface area contributed by atoms with E-state index in [0.717, 1.165) is 18.1 Å². The average Bonchev–Trinajstić information content (AvgIpc) is 3.04. The lowest BCUT2D eigenvalue weighted by molar-refractivity contribution is 0.137. The van der Waals surface area contributed by atoms with Crippen molar-refractivity contribution in [1.29, 1.82) is 0 Å². The summed E-state index contributed by atoms with van der Waals surface area (Å²) in [6.45, 7) is 0. The van der Waals surface area contributed by atoms with Crippen LogP contribution < -0.4 is 0 Å². The van der Waals surface area contributed by atoms with Crippen molar-refractivity contribution in [1.82, 2.24) is 0 Å². The number of thioether (sulfide) groups is 1. The minimum absolute atomic E-state index is 0.128. The van der Waals surface area contributed by atoms with Crippen LogP contribution in [0.4, 0.5) is 0 Å². The Labute approximate surface area is 101 Å². The molecule has 3 rings (SSSR count). The molecule has 1 heterocycles. The van der Waals surface area contributed by atoms with Crippen molar-refractivity contribution in [2.75, 3.05) is 5.75 Å². The summed E-state index contributed by atoms with van der Waals surface area (Å²) in [4.78, 5) is 1.37. The number of rotatable bonds is 4. The normalized spacial score (nSPS) is 25.4. The Hall–Kier alpha value is -0.470. The van der Waals surface area contributed by atoms with Crippen LogP contribution >= 0.6 is 11.8 Å². The van der Waals surface area contributed by atoms with Crippen LogP contribution in [-0.4, -0.2) is 17.0 Å². The number of hydrogen-bond donors (Lipinski definition) is 1. The van der Waals surface area contributed by atoms with Crippen LogP contribution in [0.15, 0.2) is 29.2 Å². The summed E-state index contributed by atoms with van der Waals surface area (Å²) in [7, 11) is 0. The second-order valence-corrected chi connectivity index (χ2v) is 6.11. The first-order valence-electron chi connectivity index (χ1n) is 6.24. The largest absolute Gasteiger partial charge is 0.392 e. The van der Waals surface area contributed by atoms with Gasteiger partial charge in [0.2, 0.25) is 0 Å². The minimum atomic E-state index is -0.128. The Morgan fingerprint density at radius 1 is 1.31 bits per heavy atom. The summed E-state index contributed by atoms with van der Waals surface area (Å²) in [5.41, 5.74) is 1.37. The molecule has 1 saturated carbocycles. The molecule has 1 nitrogen and oxygen atoms in total. The van der Waals surface area contributed by atoms with Gasteiger partial charge in [0.25, 0.3) is 0 Å². The number of fused-ring (bicyclic) bond motifs is 1. The molecule has 1 fully saturated rings. The van der Waals surface area contributed by atoms with E-state index in [4.69, 9.17) is 0 Å². The van der Waals surface area contributed by atoms with Crippen molar-refractivity contribution in [2.45, 2.75) is 42.6 Å². The molecular weight excluding hydrogens is 216 g/mol. The molecule has 0 spiro atoms. The van der Waals surface area contributed by atoms with Gasteiger partial charge in [-0.05, 0) is 30.4 Å². The van der Waals surface area contributed by atoms with Gasteiger partial charge < -0.3 is 5.11 Å². The molecular formula is C14H18OS. The number of benzene rings is 1. The minimum Gasteiger partial charge on any atom is -0.392 e. The number of aliphatic hydroxyl groups is 1. The highest BCUT2D eigenvalue weighted by molar-refractivity contribution is 7.99. The fourth-order valence-electron chi connectivity index (χ4n) is 2.52. The van der Waals surface area contributed by atoms with E-state index >= 15 is 0 Å². The molecule has 1 aliphatic carbocycles. The molecule has 0 aromatic heterocycles. The maximum atomic E-state index is 10.3. The molecule has 1 aromatic rings. The van der Waals surface area contributed by atoms with Crippen LogP contribution in [0.3, 0.4) is 0 Å². The molecule has 0 radical (unpaired) electrons. The molecule has 0 bridgehead atoms. The third-order valence-electron chi connectivity index (χ3n) is 3.77. The van der Waals surface area contributed by atoms with E-state index in [2.05, 4.69) is 24.3 Å². The van der Waals surface area contributed by atoms with Crippen molar-refractivity contribution in [3.05, 3.63) is 29.8 Å². The van der Waals surface area contributed by atoms with Crippen LogP contribution in [0.2, 0.25) is 0 Å². The van der Waals surface area contributed by atoms with E-state index in [9.17, 15) is 5.11 Å². The van der Waals surface area contributed by atoms with Crippen LogP contribution in [0.1, 0.15) is 37.2 Å². The second kappa shape index (κ2) is 4.42. The summed E-state index contributed by atoms with van der Waals surface area (Å²) in [6.07, 6.45) is 4.87. The standard InChI is InChI=1S/C14H18OS/c15-13(8-7-10-5-6-10)12-9-16-14-4-2-1-3-11(12)14/h1-4,10,12-13,15H,5-9H2. The van der Waals surface area contributed by atoms with E-state index in [1.54, 1.807) is 0 Å². The molecule has 1 aromatic carbocycles. The average molecular weight is 234 g/mol. The fourth-order valence-corrected chi connectivity index (χ4v) is 3.84. The summed E-state index contributed by atoms with van der Waals surface area (Å²) in [5, 5.41) is 10.3. The topological polar surface area (TPSA) is 20.2 Å². The van der Waals surface area contributed by atoms with E-state index in [1.165, 1.54) is 29.7 Å². The highest BCUT2D eigenvalue weighted by Gasteiger charge is 2.30. The molecule has 0 amide bonds.